The van der Waals surface area contributed by atoms with Gasteiger partial charge in [0, 0.05) is 5.69 Å². The first-order valence-electron chi connectivity index (χ1n) is 7.45. The lowest BCUT2D eigenvalue weighted by Gasteiger charge is -2.22. The Bertz CT molecular complexity index is 672. The van der Waals surface area contributed by atoms with Crippen molar-refractivity contribution in [3.63, 3.8) is 0 Å². The van der Waals surface area contributed by atoms with Gasteiger partial charge in [-0.2, -0.15) is 16.9 Å². The number of rotatable bonds is 5. The van der Waals surface area contributed by atoms with Crippen LogP contribution in [0.5, 0.6) is 5.75 Å². The van der Waals surface area contributed by atoms with Gasteiger partial charge >= 0.3 is 0 Å². The quantitative estimate of drug-likeness (QED) is 0.876. The Hall–Kier alpha value is -2.28. The number of ether oxygens (including phenoxy) is 1. The van der Waals surface area contributed by atoms with Crippen LogP contribution in [0, 0.1) is 0 Å². The summed E-state index contributed by atoms with van der Waals surface area (Å²) < 4.78 is 5.98. The van der Waals surface area contributed by atoms with E-state index < -0.39 is 5.91 Å². The first kappa shape index (κ1) is 15.6. The molecule has 1 saturated heterocycles. The summed E-state index contributed by atoms with van der Waals surface area (Å²) in [4.78, 5) is 11.3. The Morgan fingerprint density at radius 1 is 1.22 bits per heavy atom. The van der Waals surface area contributed by atoms with Gasteiger partial charge in [0.2, 0.25) is 0 Å². The van der Waals surface area contributed by atoms with Crippen LogP contribution in [-0.2, 0) is 0 Å². The number of anilines is 2. The first-order chi connectivity index (χ1) is 11.2. The predicted molar refractivity (Wildman–Crippen MR) is 91.2 cm³/mol. The first-order valence-corrected chi connectivity index (χ1v) is 8.61. The summed E-state index contributed by atoms with van der Waals surface area (Å²) in [5, 5.41) is 10.6. The van der Waals surface area contributed by atoms with E-state index in [4.69, 9.17) is 10.5 Å². The second-order valence-corrected chi connectivity index (χ2v) is 6.46. The number of benzene rings is 1. The molecule has 6 nitrogen and oxygen atoms in total. The molecular weight excluding hydrogens is 312 g/mol. The van der Waals surface area contributed by atoms with Gasteiger partial charge in [-0.15, -0.1) is 5.10 Å². The van der Waals surface area contributed by atoms with Crippen molar-refractivity contribution < 1.29 is 9.53 Å². The van der Waals surface area contributed by atoms with E-state index in [1.165, 1.54) is 6.20 Å². The molecule has 1 aromatic heterocycles. The third-order valence-electron chi connectivity index (χ3n) is 3.56. The van der Waals surface area contributed by atoms with Gasteiger partial charge in [0.1, 0.15) is 11.9 Å². The number of hydrogen-bond donors (Lipinski definition) is 2. The molecule has 3 N–H and O–H groups in total. The van der Waals surface area contributed by atoms with E-state index in [1.807, 2.05) is 36.0 Å². The van der Waals surface area contributed by atoms with Crippen LogP contribution in [0.3, 0.4) is 0 Å². The Balaban J connectivity index is 1.67. The third kappa shape index (κ3) is 4.13. The molecule has 120 valence electrons. The minimum Gasteiger partial charge on any atom is -0.490 e. The lowest BCUT2D eigenvalue weighted by molar-refractivity contribution is 0.0995. The molecule has 23 heavy (non-hydrogen) atoms. The zero-order chi connectivity index (χ0) is 16.1. The molecule has 2 aromatic rings. The molecule has 0 aliphatic carbocycles. The molecule has 1 fully saturated rings. The maximum absolute atomic E-state index is 11.3. The van der Waals surface area contributed by atoms with E-state index in [0.717, 1.165) is 35.8 Å². The minimum atomic E-state index is -0.615. The van der Waals surface area contributed by atoms with Gasteiger partial charge in [-0.25, -0.2) is 0 Å². The van der Waals surface area contributed by atoms with Crippen molar-refractivity contribution in [2.75, 3.05) is 16.8 Å². The molecule has 3 rings (SSSR count). The summed E-state index contributed by atoms with van der Waals surface area (Å²) in [5.74, 6) is 2.57. The summed E-state index contributed by atoms with van der Waals surface area (Å²) in [6, 6.07) is 9.30. The number of nitrogens with one attached hydrogen (secondary N) is 1. The number of carbonyl (C=O) groups excluding carboxylic acids is 1. The molecule has 0 unspecified atom stereocenters. The van der Waals surface area contributed by atoms with E-state index in [9.17, 15) is 4.79 Å². The van der Waals surface area contributed by atoms with E-state index in [-0.39, 0.29) is 5.69 Å². The lowest BCUT2D eigenvalue weighted by atomic mass is 10.2. The molecule has 1 amide bonds. The molecule has 7 heteroatoms. The van der Waals surface area contributed by atoms with Crippen LogP contribution in [-0.4, -0.2) is 33.7 Å². The van der Waals surface area contributed by atoms with E-state index >= 15 is 0 Å². The Kier molecular flexibility index (Phi) is 4.97. The van der Waals surface area contributed by atoms with Crippen molar-refractivity contribution in [1.82, 2.24) is 10.2 Å². The number of carbonyl (C=O) groups is 1. The van der Waals surface area contributed by atoms with Gasteiger partial charge < -0.3 is 15.8 Å². The summed E-state index contributed by atoms with van der Waals surface area (Å²) in [7, 11) is 0. The van der Waals surface area contributed by atoms with Gasteiger partial charge in [0.15, 0.2) is 5.69 Å². The van der Waals surface area contributed by atoms with Gasteiger partial charge in [-0.1, -0.05) is 0 Å². The fraction of sp³-hybridized carbons (Fsp3) is 0.312. The lowest BCUT2D eigenvalue weighted by Crippen LogP contribution is -2.21. The highest BCUT2D eigenvalue weighted by molar-refractivity contribution is 7.99. The molecule has 1 aliphatic rings. The minimum absolute atomic E-state index is 0.118. The van der Waals surface area contributed by atoms with Crippen LogP contribution in [0.2, 0.25) is 0 Å². The van der Waals surface area contributed by atoms with Gasteiger partial charge in [-0.05, 0) is 54.7 Å². The smallest absolute Gasteiger partial charge is 0.271 e. The van der Waals surface area contributed by atoms with Crippen LogP contribution < -0.4 is 15.8 Å². The predicted octanol–water partition coefficient (Wildman–Crippen LogP) is 2.59. The molecular formula is C16H18N4O2S. The molecule has 0 bridgehead atoms. The summed E-state index contributed by atoms with van der Waals surface area (Å²) >= 11 is 1.98. The number of nitrogens with two attached hydrogens (primary N) is 1. The van der Waals surface area contributed by atoms with E-state index in [1.54, 1.807) is 6.07 Å². The topological polar surface area (TPSA) is 90.1 Å². The van der Waals surface area contributed by atoms with Crippen LogP contribution in [0.15, 0.2) is 36.5 Å². The number of amides is 1. The second kappa shape index (κ2) is 7.32. The van der Waals surface area contributed by atoms with Crippen molar-refractivity contribution in [2.45, 2.75) is 18.9 Å². The Labute approximate surface area is 138 Å². The molecule has 0 atom stereocenters. The number of thioether (sulfide) groups is 1. The number of nitrogens with zero attached hydrogens (tertiary/aromatic N) is 2. The highest BCUT2D eigenvalue weighted by atomic mass is 32.2. The molecule has 0 spiro atoms. The van der Waals surface area contributed by atoms with Crippen LogP contribution in [0.25, 0.3) is 0 Å². The average Bonchev–Trinajstić information content (AvgIpc) is 2.58. The van der Waals surface area contributed by atoms with Crippen molar-refractivity contribution in [2.24, 2.45) is 5.73 Å². The molecule has 0 saturated carbocycles. The number of aromatic nitrogens is 2. The Morgan fingerprint density at radius 2 is 1.96 bits per heavy atom. The molecule has 2 heterocycles. The largest absolute Gasteiger partial charge is 0.490 e. The monoisotopic (exact) mass is 330 g/mol. The van der Waals surface area contributed by atoms with E-state index in [2.05, 4.69) is 15.5 Å². The number of primary amides is 1. The zero-order valence-corrected chi connectivity index (χ0v) is 13.4. The molecule has 1 aliphatic heterocycles. The fourth-order valence-corrected chi connectivity index (χ4v) is 3.44. The highest BCUT2D eigenvalue weighted by Gasteiger charge is 2.15. The molecule has 0 radical (unpaired) electrons. The van der Waals surface area contributed by atoms with Crippen LogP contribution in [0.1, 0.15) is 23.3 Å². The highest BCUT2D eigenvalue weighted by Crippen LogP contribution is 2.25. The second-order valence-electron chi connectivity index (χ2n) is 5.24. The summed E-state index contributed by atoms with van der Waals surface area (Å²) in [6.07, 6.45) is 4.00. The van der Waals surface area contributed by atoms with Crippen molar-refractivity contribution in [3.8, 4) is 5.75 Å². The average molecular weight is 330 g/mol. The van der Waals surface area contributed by atoms with Crippen molar-refractivity contribution >= 4 is 29.0 Å². The fourth-order valence-electron chi connectivity index (χ4n) is 2.37. The zero-order valence-electron chi connectivity index (χ0n) is 12.6. The Morgan fingerprint density at radius 3 is 2.65 bits per heavy atom. The van der Waals surface area contributed by atoms with Gasteiger partial charge in [0.25, 0.3) is 5.91 Å². The summed E-state index contributed by atoms with van der Waals surface area (Å²) in [5.41, 5.74) is 6.77. The van der Waals surface area contributed by atoms with Gasteiger partial charge in [0.05, 0.1) is 11.9 Å². The van der Waals surface area contributed by atoms with E-state index in [0.29, 0.717) is 11.8 Å². The standard InChI is InChI=1S/C16H18N4O2S/c17-16(21)15-14(5-8-18-20-15)19-11-1-3-12(4-2-11)22-13-6-9-23-10-7-13/h1-5,8,13H,6-7,9-10H2,(H2,17,21)(H,18,19). The van der Waals surface area contributed by atoms with Gasteiger partial charge in [-0.3, -0.25) is 4.79 Å². The number of hydrogen-bond acceptors (Lipinski definition) is 6. The maximum Gasteiger partial charge on any atom is 0.271 e. The molecule has 1 aromatic carbocycles. The summed E-state index contributed by atoms with van der Waals surface area (Å²) in [6.45, 7) is 0. The normalized spacial score (nSPS) is 15.1. The SMILES string of the molecule is NC(=O)c1nnccc1Nc1ccc(OC2CCSCC2)cc1. The maximum atomic E-state index is 11.3. The van der Waals surface area contributed by atoms with Crippen molar-refractivity contribution in [1.29, 1.82) is 0 Å². The van der Waals surface area contributed by atoms with Crippen LogP contribution >= 0.6 is 11.8 Å². The third-order valence-corrected chi connectivity index (χ3v) is 4.61. The van der Waals surface area contributed by atoms with Crippen LogP contribution in [0.4, 0.5) is 11.4 Å². The van der Waals surface area contributed by atoms with Crippen molar-refractivity contribution in [3.05, 3.63) is 42.2 Å².